The number of aryl methyl sites for hydroxylation is 1. The van der Waals surface area contributed by atoms with Crippen LogP contribution in [0.5, 0.6) is 0 Å². The van der Waals surface area contributed by atoms with Crippen LogP contribution in [0.2, 0.25) is 0 Å². The monoisotopic (exact) mass is 282 g/mol. The van der Waals surface area contributed by atoms with Gasteiger partial charge in [0.1, 0.15) is 0 Å². The quantitative estimate of drug-likeness (QED) is 0.494. The Labute approximate surface area is 123 Å². The summed E-state index contributed by atoms with van der Waals surface area (Å²) in [4.78, 5) is 8.75. The lowest BCUT2D eigenvalue weighted by Gasteiger charge is -2.11. The normalized spacial score (nSPS) is 10.8. The minimum atomic E-state index is 0.590. The highest BCUT2D eigenvalue weighted by atomic mass is 15.3. The molecule has 3 rings (SSSR count). The first-order chi connectivity index (χ1) is 10.3. The van der Waals surface area contributed by atoms with Gasteiger partial charge in [-0.25, -0.2) is 15.8 Å². The topological polar surface area (TPSA) is 80.3 Å². The maximum atomic E-state index is 5.46. The van der Waals surface area contributed by atoms with Crippen LogP contribution in [-0.4, -0.2) is 14.4 Å². The molecule has 2 heterocycles. The largest absolute Gasteiger partial charge is 0.363 e. The Bertz CT molecular complexity index is 749. The third-order valence-electron chi connectivity index (χ3n) is 3.47. The number of rotatable bonds is 5. The Kier molecular flexibility index (Phi) is 3.70. The molecule has 0 saturated heterocycles. The van der Waals surface area contributed by atoms with Gasteiger partial charge in [0, 0.05) is 18.9 Å². The van der Waals surface area contributed by atoms with E-state index in [-0.39, 0.29) is 0 Å². The Morgan fingerprint density at radius 2 is 2.05 bits per heavy atom. The van der Waals surface area contributed by atoms with Crippen molar-refractivity contribution in [1.82, 2.24) is 14.4 Å². The van der Waals surface area contributed by atoms with E-state index in [4.69, 9.17) is 5.84 Å². The van der Waals surface area contributed by atoms with Crippen LogP contribution in [0.4, 0.5) is 11.6 Å². The molecule has 0 aliphatic rings. The summed E-state index contributed by atoms with van der Waals surface area (Å²) in [5.41, 5.74) is 5.94. The van der Waals surface area contributed by atoms with E-state index in [0.29, 0.717) is 18.2 Å². The molecule has 0 spiro atoms. The lowest BCUT2D eigenvalue weighted by atomic mass is 10.1. The van der Waals surface area contributed by atoms with E-state index in [1.165, 1.54) is 11.1 Å². The molecule has 0 aliphatic carbocycles. The molecule has 0 aliphatic heterocycles. The molecule has 0 bridgehead atoms. The van der Waals surface area contributed by atoms with Gasteiger partial charge in [-0.1, -0.05) is 31.2 Å². The van der Waals surface area contributed by atoms with Crippen LogP contribution in [0.1, 0.15) is 18.1 Å². The average Bonchev–Trinajstić information content (AvgIpc) is 3.01. The second-order valence-electron chi connectivity index (χ2n) is 4.75. The molecule has 0 radical (unpaired) electrons. The molecule has 4 N–H and O–H groups in total. The third kappa shape index (κ3) is 2.66. The van der Waals surface area contributed by atoms with Gasteiger partial charge < -0.3 is 15.1 Å². The maximum absolute atomic E-state index is 5.46. The highest BCUT2D eigenvalue weighted by molar-refractivity contribution is 5.65. The van der Waals surface area contributed by atoms with Crippen LogP contribution in [0, 0.1) is 0 Å². The molecule has 0 saturated carbocycles. The minimum absolute atomic E-state index is 0.590. The van der Waals surface area contributed by atoms with Gasteiger partial charge in [0.05, 0.1) is 6.20 Å². The number of nitrogens with two attached hydrogens (primary N) is 1. The first kappa shape index (κ1) is 13.4. The van der Waals surface area contributed by atoms with E-state index >= 15 is 0 Å². The van der Waals surface area contributed by atoms with Crippen LogP contribution in [0.3, 0.4) is 0 Å². The van der Waals surface area contributed by atoms with Gasteiger partial charge in [-0.15, -0.1) is 0 Å². The maximum Gasteiger partial charge on any atom is 0.180 e. The molecule has 0 fully saturated rings. The second-order valence-corrected chi connectivity index (χ2v) is 4.75. The number of nitrogens with one attached hydrogen (secondary N) is 2. The molecular formula is C15H18N6. The van der Waals surface area contributed by atoms with Crippen molar-refractivity contribution >= 4 is 17.3 Å². The molecule has 6 heteroatoms. The number of aromatic nitrogens is 3. The zero-order valence-corrected chi connectivity index (χ0v) is 11.9. The van der Waals surface area contributed by atoms with E-state index in [0.717, 1.165) is 12.1 Å². The fourth-order valence-electron chi connectivity index (χ4n) is 2.37. The van der Waals surface area contributed by atoms with Gasteiger partial charge in [-0.3, -0.25) is 0 Å². The van der Waals surface area contributed by atoms with Gasteiger partial charge in [0.15, 0.2) is 17.3 Å². The van der Waals surface area contributed by atoms with Crippen molar-refractivity contribution < 1.29 is 0 Å². The molecule has 108 valence electrons. The van der Waals surface area contributed by atoms with Crippen molar-refractivity contribution in [3.8, 4) is 0 Å². The van der Waals surface area contributed by atoms with Crippen LogP contribution < -0.4 is 16.6 Å². The van der Waals surface area contributed by atoms with Crippen molar-refractivity contribution in [2.24, 2.45) is 5.84 Å². The fraction of sp³-hybridized carbons (Fsp3) is 0.200. The predicted molar refractivity (Wildman–Crippen MR) is 83.9 cm³/mol. The molecule has 0 atom stereocenters. The summed E-state index contributed by atoms with van der Waals surface area (Å²) in [6, 6.07) is 8.38. The number of hydrazine groups is 1. The van der Waals surface area contributed by atoms with Crippen molar-refractivity contribution in [3.63, 3.8) is 0 Å². The number of fused-ring (bicyclic) bond motifs is 1. The summed E-state index contributed by atoms with van der Waals surface area (Å²) in [6.45, 7) is 2.86. The molecule has 0 amide bonds. The van der Waals surface area contributed by atoms with Crippen molar-refractivity contribution in [1.29, 1.82) is 0 Å². The van der Waals surface area contributed by atoms with E-state index < -0.39 is 0 Å². The van der Waals surface area contributed by atoms with E-state index in [9.17, 15) is 0 Å². The number of nitrogen functional groups attached to an aromatic ring is 1. The molecule has 0 unspecified atom stereocenters. The number of imidazole rings is 1. The second kappa shape index (κ2) is 5.80. The van der Waals surface area contributed by atoms with Crippen molar-refractivity contribution in [3.05, 3.63) is 54.0 Å². The highest BCUT2D eigenvalue weighted by Gasteiger charge is 2.07. The Balaban J connectivity index is 1.89. The summed E-state index contributed by atoms with van der Waals surface area (Å²) in [5, 5.41) is 3.35. The zero-order valence-electron chi connectivity index (χ0n) is 11.9. The molecular weight excluding hydrogens is 264 g/mol. The van der Waals surface area contributed by atoms with E-state index in [2.05, 4.69) is 45.8 Å². The van der Waals surface area contributed by atoms with E-state index in [1.54, 1.807) is 12.4 Å². The van der Waals surface area contributed by atoms with Gasteiger partial charge in [0.25, 0.3) is 0 Å². The minimum Gasteiger partial charge on any atom is -0.363 e. The highest BCUT2D eigenvalue weighted by Crippen LogP contribution is 2.18. The standard InChI is InChI=1S/C15H18N6/c1-2-11-5-3-4-6-12(11)9-18-14-15-17-7-8-21(15)10-13(19-14)20-16/h3-8,10,20H,2,9,16H2,1H3,(H,18,19). The summed E-state index contributed by atoms with van der Waals surface area (Å²) < 4.78 is 1.89. The number of anilines is 2. The summed E-state index contributed by atoms with van der Waals surface area (Å²) >= 11 is 0. The third-order valence-corrected chi connectivity index (χ3v) is 3.47. The van der Waals surface area contributed by atoms with Crippen LogP contribution in [0.15, 0.2) is 42.9 Å². The Hall–Kier alpha value is -2.60. The van der Waals surface area contributed by atoms with E-state index in [1.807, 2.05) is 16.7 Å². The number of hydrogen-bond acceptors (Lipinski definition) is 5. The summed E-state index contributed by atoms with van der Waals surface area (Å²) in [7, 11) is 0. The smallest absolute Gasteiger partial charge is 0.180 e. The van der Waals surface area contributed by atoms with Gasteiger partial charge in [-0.2, -0.15) is 0 Å². The average molecular weight is 282 g/mol. The van der Waals surface area contributed by atoms with Gasteiger partial charge in [0.2, 0.25) is 0 Å². The molecule has 1 aromatic carbocycles. The van der Waals surface area contributed by atoms with Crippen molar-refractivity contribution in [2.45, 2.75) is 19.9 Å². The number of nitrogens with zero attached hydrogens (tertiary/aromatic N) is 3. The molecule has 2 aromatic heterocycles. The van der Waals surface area contributed by atoms with Crippen molar-refractivity contribution in [2.75, 3.05) is 10.7 Å². The first-order valence-electron chi connectivity index (χ1n) is 6.92. The lowest BCUT2D eigenvalue weighted by molar-refractivity contribution is 1.02. The van der Waals surface area contributed by atoms with Gasteiger partial charge >= 0.3 is 0 Å². The van der Waals surface area contributed by atoms with Crippen LogP contribution in [0.25, 0.3) is 5.65 Å². The molecule has 3 aromatic rings. The predicted octanol–water partition coefficient (Wildman–Crippen LogP) is 2.19. The Morgan fingerprint density at radius 3 is 2.81 bits per heavy atom. The summed E-state index contributed by atoms with van der Waals surface area (Å²) in [6.07, 6.45) is 6.41. The van der Waals surface area contributed by atoms with Gasteiger partial charge in [-0.05, 0) is 17.5 Å². The fourth-order valence-corrected chi connectivity index (χ4v) is 2.37. The Morgan fingerprint density at radius 1 is 1.24 bits per heavy atom. The van der Waals surface area contributed by atoms with Crippen LogP contribution >= 0.6 is 0 Å². The molecule has 6 nitrogen and oxygen atoms in total. The number of hydrogen-bond donors (Lipinski definition) is 3. The summed E-state index contributed by atoms with van der Waals surface area (Å²) in [5.74, 6) is 6.76. The zero-order chi connectivity index (χ0) is 14.7. The number of benzene rings is 1. The lowest BCUT2D eigenvalue weighted by Crippen LogP contribution is -2.12. The molecule has 21 heavy (non-hydrogen) atoms. The van der Waals surface area contributed by atoms with Crippen LogP contribution in [-0.2, 0) is 13.0 Å². The first-order valence-corrected chi connectivity index (χ1v) is 6.92. The SMILES string of the molecule is CCc1ccccc1CNc1nc(NN)cn2ccnc12.